The minimum Gasteiger partial charge on any atom is -0.483 e. The molecule has 0 aliphatic rings. The highest BCUT2D eigenvalue weighted by Gasteiger charge is 2.08. The Hall–Kier alpha value is -4.02. The van der Waals surface area contributed by atoms with Gasteiger partial charge in [-0.05, 0) is 64.0 Å². The van der Waals surface area contributed by atoms with Crippen LogP contribution in [0.1, 0.15) is 15.9 Å². The van der Waals surface area contributed by atoms with E-state index < -0.39 is 5.91 Å². The molecule has 4 rings (SSSR count). The minimum atomic E-state index is -0.560. The Morgan fingerprint density at radius 2 is 1.86 bits per heavy atom. The fraction of sp³-hybridized carbons (Fsp3) is 0.0400. The van der Waals surface area contributed by atoms with Gasteiger partial charge < -0.3 is 15.8 Å². The highest BCUT2D eigenvalue weighted by Crippen LogP contribution is 2.27. The van der Waals surface area contributed by atoms with Gasteiger partial charge in [0, 0.05) is 22.2 Å². The van der Waals surface area contributed by atoms with Crippen LogP contribution in [0.15, 0.2) is 87.8 Å². The van der Waals surface area contributed by atoms with Crippen molar-refractivity contribution in [3.63, 3.8) is 0 Å². The Morgan fingerprint density at radius 3 is 2.57 bits per heavy atom. The molecule has 0 bridgehead atoms. The van der Waals surface area contributed by atoms with E-state index in [0.717, 1.165) is 27.6 Å². The summed E-state index contributed by atoms with van der Waals surface area (Å²) in [5.41, 5.74) is 11.5. The highest BCUT2D eigenvalue weighted by molar-refractivity contribution is 9.10. The van der Waals surface area contributed by atoms with Crippen molar-refractivity contribution in [2.75, 3.05) is 11.9 Å². The summed E-state index contributed by atoms with van der Waals surface area (Å²) in [5, 5.41) is 10.0. The van der Waals surface area contributed by atoms with E-state index in [1.165, 1.54) is 17.6 Å². The molecule has 1 heterocycles. The van der Waals surface area contributed by atoms with Gasteiger partial charge >= 0.3 is 0 Å². The number of anilines is 2. The Kier molecular flexibility index (Phi) is 7.86. The average Bonchev–Trinajstić information content (AvgIpc) is 3.32. The molecule has 4 N–H and O–H groups in total. The van der Waals surface area contributed by atoms with E-state index in [1.54, 1.807) is 30.3 Å². The van der Waals surface area contributed by atoms with E-state index in [1.807, 2.05) is 47.8 Å². The van der Waals surface area contributed by atoms with Crippen molar-refractivity contribution in [1.82, 2.24) is 10.4 Å². The molecule has 3 aromatic carbocycles. The van der Waals surface area contributed by atoms with E-state index in [2.05, 4.69) is 36.8 Å². The molecule has 35 heavy (non-hydrogen) atoms. The normalized spacial score (nSPS) is 10.8. The van der Waals surface area contributed by atoms with Crippen LogP contribution in [0, 0.1) is 0 Å². The van der Waals surface area contributed by atoms with Gasteiger partial charge in [0.15, 0.2) is 11.7 Å². The number of nitrogens with one attached hydrogen (secondary N) is 2. The standard InChI is InChI=1S/C25H20BrN5O3S/c26-20-12-16(6-11-22(20)34-14-23(27)32)13-28-31-24(33)18-9-7-17(8-10-18)21-15-35-25(30-21)29-19-4-2-1-3-5-19/h1-13,15H,14H2,(H2,27,32)(H,29,30)(H,31,33)/b28-13+. The van der Waals surface area contributed by atoms with Crippen molar-refractivity contribution in [2.45, 2.75) is 0 Å². The lowest BCUT2D eigenvalue weighted by molar-refractivity contribution is -0.119. The number of hydrogen-bond donors (Lipinski definition) is 3. The van der Waals surface area contributed by atoms with Crippen molar-refractivity contribution >= 4 is 56.1 Å². The van der Waals surface area contributed by atoms with Crippen LogP contribution in [0.4, 0.5) is 10.8 Å². The number of hydrogen-bond acceptors (Lipinski definition) is 7. The summed E-state index contributed by atoms with van der Waals surface area (Å²) in [6.45, 7) is -0.213. The fourth-order valence-electron chi connectivity index (χ4n) is 2.99. The number of nitrogens with two attached hydrogens (primary N) is 1. The topological polar surface area (TPSA) is 119 Å². The Morgan fingerprint density at radius 1 is 1.09 bits per heavy atom. The second-order valence-electron chi connectivity index (χ2n) is 7.25. The Labute approximate surface area is 214 Å². The third-order valence-corrected chi connectivity index (χ3v) is 6.06. The van der Waals surface area contributed by atoms with Gasteiger partial charge in [0.2, 0.25) is 0 Å². The number of aromatic nitrogens is 1. The number of hydrazone groups is 1. The molecule has 2 amide bonds. The number of para-hydroxylation sites is 1. The number of halogens is 1. The molecule has 0 atom stereocenters. The quantitative estimate of drug-likeness (QED) is 0.202. The molecule has 0 saturated carbocycles. The molecule has 8 nitrogen and oxygen atoms in total. The smallest absolute Gasteiger partial charge is 0.271 e. The molecule has 0 aliphatic heterocycles. The maximum absolute atomic E-state index is 12.4. The maximum Gasteiger partial charge on any atom is 0.271 e. The summed E-state index contributed by atoms with van der Waals surface area (Å²) >= 11 is 4.88. The number of benzene rings is 3. The lowest BCUT2D eigenvalue weighted by atomic mass is 10.1. The van der Waals surface area contributed by atoms with Crippen LogP contribution in [0.2, 0.25) is 0 Å². The monoisotopic (exact) mass is 549 g/mol. The third-order valence-electron chi connectivity index (χ3n) is 4.68. The number of primary amides is 1. The van der Waals surface area contributed by atoms with Crippen LogP contribution in [0.5, 0.6) is 5.75 Å². The van der Waals surface area contributed by atoms with Crippen LogP contribution in [-0.4, -0.2) is 29.6 Å². The van der Waals surface area contributed by atoms with E-state index in [0.29, 0.717) is 15.8 Å². The summed E-state index contributed by atoms with van der Waals surface area (Å²) in [5.74, 6) is -0.416. The van der Waals surface area contributed by atoms with Gasteiger partial charge in [-0.15, -0.1) is 11.3 Å². The molecule has 1 aromatic heterocycles. The zero-order valence-corrected chi connectivity index (χ0v) is 20.7. The number of carbonyl (C=O) groups excluding carboxylic acids is 2. The van der Waals surface area contributed by atoms with Gasteiger partial charge in [-0.1, -0.05) is 30.3 Å². The second-order valence-corrected chi connectivity index (χ2v) is 8.96. The predicted octanol–water partition coefficient (Wildman–Crippen LogP) is 4.94. The summed E-state index contributed by atoms with van der Waals surface area (Å²) in [6.07, 6.45) is 1.51. The first kappa shape index (κ1) is 24.1. The lowest BCUT2D eigenvalue weighted by Crippen LogP contribution is -2.20. The molecule has 0 unspecified atom stereocenters. The lowest BCUT2D eigenvalue weighted by Gasteiger charge is -2.06. The molecule has 0 spiro atoms. The number of amides is 2. The number of carbonyl (C=O) groups is 2. The van der Waals surface area contributed by atoms with Crippen molar-refractivity contribution in [3.8, 4) is 17.0 Å². The number of rotatable bonds is 9. The van der Waals surface area contributed by atoms with Gasteiger partial charge in [-0.2, -0.15) is 5.10 Å². The molecule has 4 aromatic rings. The molecule has 176 valence electrons. The molecule has 10 heteroatoms. The van der Waals surface area contributed by atoms with Crippen LogP contribution in [0.25, 0.3) is 11.3 Å². The molecule has 0 fully saturated rings. The Balaban J connectivity index is 1.33. The van der Waals surface area contributed by atoms with Crippen LogP contribution < -0.4 is 21.2 Å². The van der Waals surface area contributed by atoms with E-state index in [-0.39, 0.29) is 12.5 Å². The van der Waals surface area contributed by atoms with Crippen molar-refractivity contribution in [1.29, 1.82) is 0 Å². The Bertz CT molecular complexity index is 1360. The summed E-state index contributed by atoms with van der Waals surface area (Å²) in [7, 11) is 0. The molecule has 0 aliphatic carbocycles. The largest absolute Gasteiger partial charge is 0.483 e. The van der Waals surface area contributed by atoms with Crippen molar-refractivity contribution < 1.29 is 14.3 Å². The molecule has 0 radical (unpaired) electrons. The first-order chi connectivity index (χ1) is 17.0. The van der Waals surface area contributed by atoms with E-state index in [9.17, 15) is 9.59 Å². The third kappa shape index (κ3) is 6.75. The maximum atomic E-state index is 12.4. The van der Waals surface area contributed by atoms with Gasteiger partial charge in [0.25, 0.3) is 11.8 Å². The average molecular weight is 550 g/mol. The number of ether oxygens (including phenoxy) is 1. The molecular formula is C25H20BrN5O3S. The van der Waals surface area contributed by atoms with Gasteiger partial charge in [0.05, 0.1) is 16.4 Å². The fourth-order valence-corrected chi connectivity index (χ4v) is 4.25. The summed E-state index contributed by atoms with van der Waals surface area (Å²) in [6, 6.07) is 22.2. The predicted molar refractivity (Wildman–Crippen MR) is 141 cm³/mol. The van der Waals surface area contributed by atoms with Crippen molar-refractivity contribution in [3.05, 3.63) is 93.8 Å². The molecular weight excluding hydrogens is 530 g/mol. The SMILES string of the molecule is NC(=O)COc1ccc(/C=N/NC(=O)c2ccc(-c3csc(Nc4ccccc4)n3)cc2)cc1Br. The van der Waals surface area contributed by atoms with Gasteiger partial charge in [0.1, 0.15) is 5.75 Å². The minimum absolute atomic E-state index is 0.213. The number of nitrogens with zero attached hydrogens (tertiary/aromatic N) is 2. The van der Waals surface area contributed by atoms with Gasteiger partial charge in [-0.3, -0.25) is 9.59 Å². The van der Waals surface area contributed by atoms with E-state index >= 15 is 0 Å². The zero-order chi connectivity index (χ0) is 24.6. The summed E-state index contributed by atoms with van der Waals surface area (Å²) in [4.78, 5) is 27.9. The van der Waals surface area contributed by atoms with E-state index in [4.69, 9.17) is 10.5 Å². The van der Waals surface area contributed by atoms with Crippen LogP contribution >= 0.6 is 27.3 Å². The van der Waals surface area contributed by atoms with Crippen LogP contribution in [-0.2, 0) is 4.79 Å². The van der Waals surface area contributed by atoms with Gasteiger partial charge in [-0.25, -0.2) is 10.4 Å². The molecule has 0 saturated heterocycles. The zero-order valence-electron chi connectivity index (χ0n) is 18.3. The highest BCUT2D eigenvalue weighted by atomic mass is 79.9. The van der Waals surface area contributed by atoms with Crippen LogP contribution in [0.3, 0.4) is 0 Å². The second kappa shape index (κ2) is 11.4. The first-order valence-corrected chi connectivity index (χ1v) is 12.1. The number of thiazole rings is 1. The van der Waals surface area contributed by atoms with Crippen molar-refractivity contribution in [2.24, 2.45) is 10.8 Å². The summed E-state index contributed by atoms with van der Waals surface area (Å²) < 4.78 is 5.91. The first-order valence-electron chi connectivity index (χ1n) is 10.4.